The van der Waals surface area contributed by atoms with Gasteiger partial charge < -0.3 is 14.2 Å². The Kier molecular flexibility index (Phi) is 45.2. The molecule has 0 heterocycles. The molecule has 0 fully saturated rings. The Morgan fingerprint density at radius 1 is 0.345 bits per heavy atom. The molecule has 0 bridgehead atoms. The van der Waals surface area contributed by atoms with E-state index in [0.717, 1.165) is 63.7 Å². The van der Waals surface area contributed by atoms with Gasteiger partial charge in [-0.05, 0) is 25.2 Å². The van der Waals surface area contributed by atoms with Crippen LogP contribution in [0.25, 0.3) is 0 Å². The van der Waals surface area contributed by atoms with Gasteiger partial charge in [0.25, 0.3) is 0 Å². The fourth-order valence-corrected chi connectivity index (χ4v) is 7.83. The summed E-state index contributed by atoms with van der Waals surface area (Å²) in [5.41, 5.74) is 0. The first-order chi connectivity index (χ1) is 28.4. The highest BCUT2D eigenvalue weighted by Crippen LogP contribution is 2.17. The predicted octanol–water partition coefficient (Wildman–Crippen LogP) is 16.7. The van der Waals surface area contributed by atoms with Crippen LogP contribution in [0.4, 0.5) is 0 Å². The molecule has 0 saturated carbocycles. The molecule has 6 nitrogen and oxygen atoms in total. The zero-order valence-electron chi connectivity index (χ0n) is 39.5. The third-order valence-corrected chi connectivity index (χ3v) is 12.2. The summed E-state index contributed by atoms with van der Waals surface area (Å²) in [7, 11) is 0. The lowest BCUT2D eigenvalue weighted by atomic mass is 9.99. The Labute approximate surface area is 361 Å². The molecule has 0 aromatic carbocycles. The maximum atomic E-state index is 12.8. The summed E-state index contributed by atoms with van der Waals surface area (Å²) in [5, 5.41) is 0. The van der Waals surface area contributed by atoms with Crippen LogP contribution in [0.3, 0.4) is 0 Å². The predicted molar refractivity (Wildman–Crippen MR) is 247 cm³/mol. The van der Waals surface area contributed by atoms with E-state index in [1.165, 1.54) is 186 Å². The second kappa shape index (κ2) is 46.5. The molecular formula is C52H100O6. The lowest BCUT2D eigenvalue weighted by molar-refractivity contribution is -0.167. The van der Waals surface area contributed by atoms with Crippen molar-refractivity contribution in [2.24, 2.45) is 5.92 Å². The van der Waals surface area contributed by atoms with Crippen molar-refractivity contribution in [3.8, 4) is 0 Å². The first-order valence-electron chi connectivity index (χ1n) is 25.9. The fraction of sp³-hybridized carbons (Fsp3) is 0.942. The number of hydrogen-bond donors (Lipinski definition) is 0. The standard InChI is InChI=1S/C52H100O6/c1-5-8-10-12-14-16-18-20-21-23-24-26-31-35-39-43-50(53)56-46-49(47-57-51(54)44-40-36-32-29-28-30-34-38-42-48(4)7-3)58-52(55)45-41-37-33-27-25-22-19-17-15-13-11-9-6-2/h48-49H,5-47H2,1-4H3/t48?,49-/m1/s1. The van der Waals surface area contributed by atoms with E-state index in [1.54, 1.807) is 0 Å². The Morgan fingerprint density at radius 3 is 0.897 bits per heavy atom. The third-order valence-electron chi connectivity index (χ3n) is 12.2. The zero-order chi connectivity index (χ0) is 42.4. The molecule has 58 heavy (non-hydrogen) atoms. The van der Waals surface area contributed by atoms with Gasteiger partial charge in [-0.1, -0.05) is 252 Å². The molecule has 2 atom stereocenters. The number of esters is 3. The normalized spacial score (nSPS) is 12.4. The van der Waals surface area contributed by atoms with Gasteiger partial charge in [0.15, 0.2) is 6.10 Å². The average Bonchev–Trinajstić information content (AvgIpc) is 3.22. The summed E-state index contributed by atoms with van der Waals surface area (Å²) >= 11 is 0. The van der Waals surface area contributed by atoms with Crippen molar-refractivity contribution in [3.63, 3.8) is 0 Å². The molecule has 0 saturated heterocycles. The smallest absolute Gasteiger partial charge is 0.306 e. The Bertz CT molecular complexity index is 874. The van der Waals surface area contributed by atoms with E-state index in [9.17, 15) is 14.4 Å². The number of unbranched alkanes of at least 4 members (excludes halogenated alkanes) is 33. The molecule has 0 rings (SSSR count). The minimum atomic E-state index is -0.760. The van der Waals surface area contributed by atoms with E-state index in [0.29, 0.717) is 19.3 Å². The molecule has 344 valence electrons. The van der Waals surface area contributed by atoms with Gasteiger partial charge >= 0.3 is 17.9 Å². The molecule has 6 heteroatoms. The van der Waals surface area contributed by atoms with Crippen LogP contribution >= 0.6 is 0 Å². The number of carbonyl (C=O) groups is 3. The molecule has 0 aliphatic carbocycles. The van der Waals surface area contributed by atoms with E-state index in [4.69, 9.17) is 14.2 Å². The molecule has 0 spiro atoms. The van der Waals surface area contributed by atoms with E-state index in [1.807, 2.05) is 0 Å². The molecule has 0 radical (unpaired) electrons. The second-order valence-corrected chi connectivity index (χ2v) is 18.1. The van der Waals surface area contributed by atoms with Gasteiger partial charge in [0.05, 0.1) is 0 Å². The monoisotopic (exact) mass is 821 g/mol. The summed E-state index contributed by atoms with van der Waals surface area (Å²) in [6, 6.07) is 0. The van der Waals surface area contributed by atoms with Crippen LogP contribution in [0.2, 0.25) is 0 Å². The molecule has 0 amide bonds. The van der Waals surface area contributed by atoms with Gasteiger partial charge in [0.2, 0.25) is 0 Å². The van der Waals surface area contributed by atoms with Crippen molar-refractivity contribution in [1.82, 2.24) is 0 Å². The average molecular weight is 821 g/mol. The SMILES string of the molecule is CCCCCCCCCCCCCCCCCC(=O)OC[C@H](COC(=O)CCCCCCCCCCC(C)CC)OC(=O)CCCCCCCCCCCCCCC. The van der Waals surface area contributed by atoms with Crippen molar-refractivity contribution < 1.29 is 28.6 Å². The van der Waals surface area contributed by atoms with Crippen LogP contribution in [0, 0.1) is 5.92 Å². The van der Waals surface area contributed by atoms with Crippen LogP contribution < -0.4 is 0 Å². The molecule has 1 unspecified atom stereocenters. The van der Waals surface area contributed by atoms with Crippen molar-refractivity contribution >= 4 is 17.9 Å². The van der Waals surface area contributed by atoms with Gasteiger partial charge in [-0.25, -0.2) is 0 Å². The van der Waals surface area contributed by atoms with E-state index >= 15 is 0 Å². The summed E-state index contributed by atoms with van der Waals surface area (Å²) in [6.45, 7) is 9.03. The number of carbonyl (C=O) groups excluding carboxylic acids is 3. The number of ether oxygens (including phenoxy) is 3. The van der Waals surface area contributed by atoms with E-state index in [-0.39, 0.29) is 31.1 Å². The summed E-state index contributed by atoms with van der Waals surface area (Å²) < 4.78 is 16.8. The van der Waals surface area contributed by atoms with Gasteiger partial charge in [-0.2, -0.15) is 0 Å². The topological polar surface area (TPSA) is 78.9 Å². The van der Waals surface area contributed by atoms with Crippen LogP contribution in [0.5, 0.6) is 0 Å². The maximum Gasteiger partial charge on any atom is 0.306 e. The molecule has 0 aliphatic rings. The van der Waals surface area contributed by atoms with Crippen molar-refractivity contribution in [3.05, 3.63) is 0 Å². The first kappa shape index (κ1) is 56.4. The van der Waals surface area contributed by atoms with Crippen molar-refractivity contribution in [2.75, 3.05) is 13.2 Å². The Balaban J connectivity index is 4.31. The summed E-state index contributed by atoms with van der Waals surface area (Å²) in [6.07, 6.45) is 47.9. The largest absolute Gasteiger partial charge is 0.462 e. The van der Waals surface area contributed by atoms with E-state index < -0.39 is 6.10 Å². The Hall–Kier alpha value is -1.59. The number of hydrogen-bond acceptors (Lipinski definition) is 6. The molecule has 0 aliphatic heterocycles. The van der Waals surface area contributed by atoms with Gasteiger partial charge in [-0.3, -0.25) is 14.4 Å². The van der Waals surface area contributed by atoms with Crippen LogP contribution in [0.15, 0.2) is 0 Å². The third kappa shape index (κ3) is 44.0. The lowest BCUT2D eigenvalue weighted by Gasteiger charge is -2.18. The van der Waals surface area contributed by atoms with Crippen LogP contribution in [-0.2, 0) is 28.6 Å². The minimum absolute atomic E-state index is 0.0629. The summed E-state index contributed by atoms with van der Waals surface area (Å²) in [5.74, 6) is 0.00261. The highest BCUT2D eigenvalue weighted by atomic mass is 16.6. The summed E-state index contributed by atoms with van der Waals surface area (Å²) in [4.78, 5) is 37.9. The zero-order valence-corrected chi connectivity index (χ0v) is 39.5. The maximum absolute atomic E-state index is 12.8. The number of rotatable bonds is 47. The molecule has 0 N–H and O–H groups in total. The fourth-order valence-electron chi connectivity index (χ4n) is 7.83. The lowest BCUT2D eigenvalue weighted by Crippen LogP contribution is -2.30. The molecule has 0 aromatic heterocycles. The van der Waals surface area contributed by atoms with Crippen LogP contribution in [0.1, 0.15) is 291 Å². The van der Waals surface area contributed by atoms with E-state index in [2.05, 4.69) is 27.7 Å². The molecular weight excluding hydrogens is 721 g/mol. The molecule has 0 aromatic rings. The van der Waals surface area contributed by atoms with Crippen molar-refractivity contribution in [2.45, 2.75) is 297 Å². The highest BCUT2D eigenvalue weighted by molar-refractivity contribution is 5.71. The quantitative estimate of drug-likeness (QED) is 0.0346. The van der Waals surface area contributed by atoms with Crippen molar-refractivity contribution in [1.29, 1.82) is 0 Å². The Morgan fingerprint density at radius 2 is 0.603 bits per heavy atom. The second-order valence-electron chi connectivity index (χ2n) is 18.1. The van der Waals surface area contributed by atoms with Gasteiger partial charge in [0, 0.05) is 19.3 Å². The van der Waals surface area contributed by atoms with Gasteiger partial charge in [0.1, 0.15) is 13.2 Å². The van der Waals surface area contributed by atoms with Crippen LogP contribution in [-0.4, -0.2) is 37.2 Å². The van der Waals surface area contributed by atoms with Gasteiger partial charge in [-0.15, -0.1) is 0 Å². The highest BCUT2D eigenvalue weighted by Gasteiger charge is 2.19. The first-order valence-corrected chi connectivity index (χ1v) is 25.9. The minimum Gasteiger partial charge on any atom is -0.462 e.